The first-order valence-corrected chi connectivity index (χ1v) is 5.72. The monoisotopic (exact) mass is 234 g/mol. The molecule has 0 saturated carbocycles. The molecule has 4 heteroatoms. The number of benzene rings is 1. The van der Waals surface area contributed by atoms with Crippen LogP contribution in [0.3, 0.4) is 0 Å². The molecule has 1 amide bonds. The van der Waals surface area contributed by atoms with Gasteiger partial charge in [0.1, 0.15) is 0 Å². The van der Waals surface area contributed by atoms with Gasteiger partial charge < -0.3 is 10.6 Å². The van der Waals surface area contributed by atoms with Crippen molar-refractivity contribution in [2.45, 2.75) is 25.8 Å². The third-order valence-electron chi connectivity index (χ3n) is 2.77. The van der Waals surface area contributed by atoms with Gasteiger partial charge in [0.15, 0.2) is 5.78 Å². The van der Waals surface area contributed by atoms with Crippen LogP contribution in [0.5, 0.6) is 0 Å². The molecule has 0 spiro atoms. The highest BCUT2D eigenvalue weighted by Gasteiger charge is 2.14. The van der Waals surface area contributed by atoms with Crippen molar-refractivity contribution in [1.29, 1.82) is 0 Å². The van der Waals surface area contributed by atoms with E-state index in [-0.39, 0.29) is 11.8 Å². The maximum atomic E-state index is 12.1. The number of hydrogen-bond acceptors (Lipinski definition) is 3. The maximum Gasteiger partial charge on any atom is 0.211 e. The highest BCUT2D eigenvalue weighted by atomic mass is 16.1. The van der Waals surface area contributed by atoms with Crippen LogP contribution in [0.25, 0.3) is 0 Å². The number of amides is 1. The van der Waals surface area contributed by atoms with Crippen LogP contribution in [0, 0.1) is 0 Å². The van der Waals surface area contributed by atoms with E-state index in [1.54, 1.807) is 24.3 Å². The molecule has 1 atom stereocenters. The molecule has 0 aliphatic rings. The molecule has 2 N–H and O–H groups in total. The van der Waals surface area contributed by atoms with Gasteiger partial charge in [0, 0.05) is 18.0 Å². The quantitative estimate of drug-likeness (QED) is 0.559. The van der Waals surface area contributed by atoms with Crippen LogP contribution in [0.1, 0.15) is 30.1 Å². The standard InChI is InChI=1S/C13H18N2O2/c1-3-10(14-2)8-13(17)11-6-4-5-7-12(11)15-9-16/h4-7,9-10,14H,3,8H2,1-2H3,(H,15,16). The Morgan fingerprint density at radius 2 is 2.12 bits per heavy atom. The van der Waals surface area contributed by atoms with Gasteiger partial charge in [0.05, 0.1) is 5.69 Å². The molecule has 17 heavy (non-hydrogen) atoms. The first-order valence-electron chi connectivity index (χ1n) is 5.72. The minimum Gasteiger partial charge on any atom is -0.328 e. The summed E-state index contributed by atoms with van der Waals surface area (Å²) in [5.41, 5.74) is 1.13. The zero-order valence-electron chi connectivity index (χ0n) is 10.2. The van der Waals surface area contributed by atoms with E-state index >= 15 is 0 Å². The van der Waals surface area contributed by atoms with Crippen molar-refractivity contribution in [3.05, 3.63) is 29.8 Å². The summed E-state index contributed by atoms with van der Waals surface area (Å²) in [6.07, 6.45) is 1.91. The lowest BCUT2D eigenvalue weighted by molar-refractivity contribution is -0.105. The molecule has 0 aliphatic carbocycles. The Hall–Kier alpha value is -1.68. The van der Waals surface area contributed by atoms with Crippen LogP contribution >= 0.6 is 0 Å². The van der Waals surface area contributed by atoms with Crippen LogP contribution in [-0.4, -0.2) is 25.3 Å². The van der Waals surface area contributed by atoms with Gasteiger partial charge >= 0.3 is 0 Å². The van der Waals surface area contributed by atoms with Crippen molar-refractivity contribution in [1.82, 2.24) is 5.32 Å². The molecular weight excluding hydrogens is 216 g/mol. The third kappa shape index (κ3) is 3.67. The Morgan fingerprint density at radius 3 is 2.71 bits per heavy atom. The van der Waals surface area contributed by atoms with Gasteiger partial charge in [-0.2, -0.15) is 0 Å². The summed E-state index contributed by atoms with van der Waals surface area (Å²) in [6.45, 7) is 2.03. The normalized spacial score (nSPS) is 11.9. The molecule has 92 valence electrons. The molecule has 1 rings (SSSR count). The fourth-order valence-electron chi connectivity index (χ4n) is 1.70. The van der Waals surface area contributed by atoms with Crippen molar-refractivity contribution >= 4 is 17.9 Å². The summed E-state index contributed by atoms with van der Waals surface area (Å²) in [5.74, 6) is 0.0381. The number of hydrogen-bond donors (Lipinski definition) is 2. The number of rotatable bonds is 7. The zero-order chi connectivity index (χ0) is 12.7. The van der Waals surface area contributed by atoms with Gasteiger partial charge in [-0.15, -0.1) is 0 Å². The summed E-state index contributed by atoms with van der Waals surface area (Å²) < 4.78 is 0. The maximum absolute atomic E-state index is 12.1. The average Bonchev–Trinajstić information content (AvgIpc) is 2.36. The van der Waals surface area contributed by atoms with E-state index in [9.17, 15) is 9.59 Å². The second kappa shape index (κ2) is 6.81. The van der Waals surface area contributed by atoms with E-state index < -0.39 is 0 Å². The largest absolute Gasteiger partial charge is 0.328 e. The molecule has 1 aromatic carbocycles. The van der Waals surface area contributed by atoms with E-state index in [1.807, 2.05) is 14.0 Å². The molecular formula is C13H18N2O2. The second-order valence-electron chi connectivity index (χ2n) is 3.83. The lowest BCUT2D eigenvalue weighted by atomic mass is 10.0. The number of carbonyl (C=O) groups excluding carboxylic acids is 2. The van der Waals surface area contributed by atoms with Crippen molar-refractivity contribution in [2.75, 3.05) is 12.4 Å². The summed E-state index contributed by atoms with van der Waals surface area (Å²) in [4.78, 5) is 22.5. The lowest BCUT2D eigenvalue weighted by Crippen LogP contribution is -2.27. The minimum absolute atomic E-state index is 0.0381. The average molecular weight is 234 g/mol. The predicted octanol–water partition coefficient (Wildman–Crippen LogP) is 1.83. The van der Waals surface area contributed by atoms with Gasteiger partial charge in [-0.1, -0.05) is 19.1 Å². The molecule has 0 radical (unpaired) electrons. The SMILES string of the molecule is CCC(CC(=O)c1ccccc1NC=O)NC. The van der Waals surface area contributed by atoms with Gasteiger partial charge in [0.2, 0.25) is 6.41 Å². The number of ketones is 1. The molecule has 1 aromatic rings. The molecule has 0 saturated heterocycles. The van der Waals surface area contributed by atoms with E-state index in [2.05, 4.69) is 10.6 Å². The molecule has 0 aromatic heterocycles. The molecule has 1 unspecified atom stereocenters. The van der Waals surface area contributed by atoms with Crippen LogP contribution in [0.4, 0.5) is 5.69 Å². The fraction of sp³-hybridized carbons (Fsp3) is 0.385. The lowest BCUT2D eigenvalue weighted by Gasteiger charge is -2.14. The summed E-state index contributed by atoms with van der Waals surface area (Å²) in [6, 6.07) is 7.21. The summed E-state index contributed by atoms with van der Waals surface area (Å²) in [5, 5.41) is 5.64. The van der Waals surface area contributed by atoms with Gasteiger partial charge in [-0.3, -0.25) is 9.59 Å². The minimum atomic E-state index is 0.0381. The van der Waals surface area contributed by atoms with Crippen LogP contribution < -0.4 is 10.6 Å². The van der Waals surface area contributed by atoms with Crippen molar-refractivity contribution in [3.63, 3.8) is 0 Å². The smallest absolute Gasteiger partial charge is 0.211 e. The fourth-order valence-corrected chi connectivity index (χ4v) is 1.70. The van der Waals surface area contributed by atoms with Crippen LogP contribution in [-0.2, 0) is 4.79 Å². The highest BCUT2D eigenvalue weighted by Crippen LogP contribution is 2.17. The van der Waals surface area contributed by atoms with E-state index in [0.717, 1.165) is 6.42 Å². The number of para-hydroxylation sites is 1. The van der Waals surface area contributed by atoms with E-state index in [0.29, 0.717) is 24.1 Å². The predicted molar refractivity (Wildman–Crippen MR) is 68.2 cm³/mol. The van der Waals surface area contributed by atoms with Crippen molar-refractivity contribution < 1.29 is 9.59 Å². The Labute approximate surface area is 101 Å². The van der Waals surface area contributed by atoms with Crippen molar-refractivity contribution in [2.24, 2.45) is 0 Å². The van der Waals surface area contributed by atoms with Crippen LogP contribution in [0.2, 0.25) is 0 Å². The second-order valence-corrected chi connectivity index (χ2v) is 3.83. The zero-order valence-corrected chi connectivity index (χ0v) is 10.2. The van der Waals surface area contributed by atoms with Gasteiger partial charge in [0.25, 0.3) is 0 Å². The molecule has 4 nitrogen and oxygen atoms in total. The first-order chi connectivity index (χ1) is 8.22. The van der Waals surface area contributed by atoms with Crippen molar-refractivity contribution in [3.8, 4) is 0 Å². The molecule has 0 fully saturated rings. The Morgan fingerprint density at radius 1 is 1.41 bits per heavy atom. The summed E-state index contributed by atoms with van der Waals surface area (Å²) in [7, 11) is 1.84. The molecule has 0 bridgehead atoms. The van der Waals surface area contributed by atoms with Gasteiger partial charge in [-0.25, -0.2) is 0 Å². The molecule has 0 heterocycles. The highest BCUT2D eigenvalue weighted by molar-refractivity contribution is 6.02. The Kier molecular flexibility index (Phi) is 5.36. The third-order valence-corrected chi connectivity index (χ3v) is 2.77. The first kappa shape index (κ1) is 13.4. The summed E-state index contributed by atoms with van der Waals surface area (Å²) >= 11 is 0. The number of nitrogens with one attached hydrogen (secondary N) is 2. The van der Waals surface area contributed by atoms with Gasteiger partial charge in [-0.05, 0) is 25.6 Å². The number of Topliss-reactive ketones (excluding diaryl/α,β-unsaturated/α-hetero) is 1. The number of carbonyl (C=O) groups is 2. The molecule has 0 aliphatic heterocycles. The van der Waals surface area contributed by atoms with E-state index in [1.165, 1.54) is 0 Å². The topological polar surface area (TPSA) is 58.2 Å². The van der Waals surface area contributed by atoms with E-state index in [4.69, 9.17) is 0 Å². The van der Waals surface area contributed by atoms with Crippen LogP contribution in [0.15, 0.2) is 24.3 Å². The Balaban J connectivity index is 2.84. The Bertz CT molecular complexity index is 387. The number of anilines is 1.